The highest BCUT2D eigenvalue weighted by molar-refractivity contribution is 5.76. The van der Waals surface area contributed by atoms with E-state index in [4.69, 9.17) is 24.1 Å². The molecule has 0 aliphatic heterocycles. The maximum absolute atomic E-state index is 14.4. The zero-order chi connectivity index (χ0) is 24.9. The van der Waals surface area contributed by atoms with Crippen LogP contribution in [0.3, 0.4) is 0 Å². The van der Waals surface area contributed by atoms with E-state index in [1.54, 1.807) is 24.3 Å². The Morgan fingerprint density at radius 1 is 1.00 bits per heavy atom. The average Bonchev–Trinajstić information content (AvgIpc) is 2.81. The Morgan fingerprint density at radius 2 is 1.56 bits per heavy atom. The minimum absolute atomic E-state index is 0.171. The molecule has 0 aliphatic rings. The Hall–Kier alpha value is -4.15. The maximum Gasteiger partial charge on any atom is 0.347 e. The minimum atomic E-state index is -1.37. The van der Waals surface area contributed by atoms with Gasteiger partial charge in [0.15, 0.2) is 34.5 Å². The van der Waals surface area contributed by atoms with E-state index in [0.717, 1.165) is 6.07 Å². The van der Waals surface area contributed by atoms with Gasteiger partial charge in [-0.2, -0.15) is 0 Å². The number of nitrogens with zero attached hydrogens (tertiary/aromatic N) is 2. The van der Waals surface area contributed by atoms with E-state index < -0.39 is 29.8 Å². The summed E-state index contributed by atoms with van der Waals surface area (Å²) in [5, 5.41) is 12.1. The first-order valence-electron chi connectivity index (χ1n) is 9.97. The van der Waals surface area contributed by atoms with Crippen LogP contribution in [0.2, 0.25) is 0 Å². The summed E-state index contributed by atoms with van der Waals surface area (Å²) in [5.41, 5.74) is -1.09. The number of aromatic nitrogens is 2. The predicted octanol–water partition coefficient (Wildman–Crippen LogP) is 4.34. The van der Waals surface area contributed by atoms with Crippen molar-refractivity contribution >= 4 is 17.6 Å². The molecule has 2 N–H and O–H groups in total. The summed E-state index contributed by atoms with van der Waals surface area (Å²) in [6.45, 7) is 2.47. The monoisotopic (exact) mass is 475 g/mol. The number of ether oxygens (including phenoxy) is 4. The predicted molar refractivity (Wildman–Crippen MR) is 118 cm³/mol. The molecule has 0 bridgehead atoms. The van der Waals surface area contributed by atoms with Crippen LogP contribution in [0.25, 0.3) is 0 Å². The lowest BCUT2D eigenvalue weighted by Gasteiger charge is -2.21. The first kappa shape index (κ1) is 24.5. The third kappa shape index (κ3) is 5.61. The third-order valence-corrected chi connectivity index (χ3v) is 4.67. The van der Waals surface area contributed by atoms with Gasteiger partial charge < -0.3 is 29.4 Å². The summed E-state index contributed by atoms with van der Waals surface area (Å²) >= 11 is 0. The molecule has 0 radical (unpaired) electrons. The quantitative estimate of drug-likeness (QED) is 0.442. The fourth-order valence-electron chi connectivity index (χ4n) is 2.75. The molecule has 0 atom stereocenters. The van der Waals surface area contributed by atoms with Gasteiger partial charge in [0.2, 0.25) is 5.95 Å². The summed E-state index contributed by atoms with van der Waals surface area (Å²) in [7, 11) is 2.52. The van der Waals surface area contributed by atoms with E-state index in [0.29, 0.717) is 11.4 Å². The normalized spacial score (nSPS) is 11.0. The summed E-state index contributed by atoms with van der Waals surface area (Å²) in [6, 6.07) is 7.67. The Balaban J connectivity index is 1.64. The first-order chi connectivity index (χ1) is 16.1. The van der Waals surface area contributed by atoms with Gasteiger partial charge in [0.25, 0.3) is 0 Å². The molecule has 0 amide bonds. The Kier molecular flexibility index (Phi) is 7.34. The van der Waals surface area contributed by atoms with Gasteiger partial charge in [-0.05, 0) is 38.1 Å². The number of carboxylic acids is 1. The van der Waals surface area contributed by atoms with Gasteiger partial charge in [-0.25, -0.2) is 23.5 Å². The van der Waals surface area contributed by atoms with Gasteiger partial charge >= 0.3 is 5.97 Å². The van der Waals surface area contributed by atoms with E-state index in [1.807, 2.05) is 0 Å². The van der Waals surface area contributed by atoms with Crippen molar-refractivity contribution in [2.45, 2.75) is 26.1 Å². The van der Waals surface area contributed by atoms with Crippen molar-refractivity contribution in [1.29, 1.82) is 0 Å². The van der Waals surface area contributed by atoms with E-state index >= 15 is 0 Å². The second-order valence-corrected chi connectivity index (χ2v) is 7.49. The maximum atomic E-state index is 14.4. The summed E-state index contributed by atoms with van der Waals surface area (Å²) in [6.07, 6.45) is 2.69. The van der Waals surface area contributed by atoms with Gasteiger partial charge in [-0.15, -0.1) is 0 Å². The van der Waals surface area contributed by atoms with Crippen LogP contribution in [0.5, 0.6) is 23.0 Å². The number of hydrogen-bond donors (Lipinski definition) is 2. The van der Waals surface area contributed by atoms with E-state index in [2.05, 4.69) is 15.3 Å². The van der Waals surface area contributed by atoms with Crippen molar-refractivity contribution in [3.63, 3.8) is 0 Å². The van der Waals surface area contributed by atoms with Gasteiger partial charge in [-0.1, -0.05) is 0 Å². The molecule has 9 nitrogen and oxygen atoms in total. The summed E-state index contributed by atoms with van der Waals surface area (Å²) in [4.78, 5) is 19.4. The molecule has 0 saturated heterocycles. The molecule has 2 aromatic carbocycles. The second-order valence-electron chi connectivity index (χ2n) is 7.49. The number of nitrogens with one attached hydrogen (secondary N) is 1. The van der Waals surface area contributed by atoms with Crippen LogP contribution in [0.4, 0.5) is 20.4 Å². The third-order valence-electron chi connectivity index (χ3n) is 4.67. The molecule has 180 valence electrons. The van der Waals surface area contributed by atoms with Gasteiger partial charge in [0.1, 0.15) is 12.4 Å². The van der Waals surface area contributed by atoms with Crippen LogP contribution in [0.1, 0.15) is 19.4 Å². The van der Waals surface area contributed by atoms with Crippen molar-refractivity contribution in [3.8, 4) is 23.0 Å². The van der Waals surface area contributed by atoms with E-state index in [1.165, 1.54) is 40.5 Å². The fourth-order valence-corrected chi connectivity index (χ4v) is 2.75. The fraction of sp³-hybridized carbons (Fsp3) is 0.261. The van der Waals surface area contributed by atoms with Crippen molar-refractivity contribution in [2.24, 2.45) is 0 Å². The largest absolute Gasteiger partial charge is 0.494 e. The Morgan fingerprint density at radius 3 is 2.06 bits per heavy atom. The smallest absolute Gasteiger partial charge is 0.347 e. The molecular formula is C23H23F2N3O6. The highest BCUT2D eigenvalue weighted by atomic mass is 19.1. The SMILES string of the molecule is COc1cc(OC)c(F)c(COc2cnc(Nc3ccc(OC(C)(C)C(=O)O)cc3)nc2)c1F. The summed E-state index contributed by atoms with van der Waals surface area (Å²) < 4.78 is 49.6. The molecule has 0 spiro atoms. The standard InChI is InChI=1S/C23H23F2N3O6/c1-23(2,21(29)30)34-14-7-5-13(6-8-14)28-22-26-10-15(11-27-22)33-12-16-19(24)17(31-3)9-18(32-4)20(16)25/h5-11H,12H2,1-4H3,(H,29,30)(H,26,27,28). The van der Waals surface area contributed by atoms with Crippen LogP contribution in [0.15, 0.2) is 42.7 Å². The molecule has 3 aromatic rings. The van der Waals surface area contributed by atoms with E-state index in [9.17, 15) is 13.6 Å². The van der Waals surface area contributed by atoms with Gasteiger partial charge in [-0.3, -0.25) is 0 Å². The number of methoxy groups -OCH3 is 2. The zero-order valence-electron chi connectivity index (χ0n) is 18.9. The molecule has 0 fully saturated rings. The number of aliphatic carboxylic acids is 1. The van der Waals surface area contributed by atoms with Crippen molar-refractivity contribution < 1.29 is 37.6 Å². The molecule has 0 aliphatic carbocycles. The highest BCUT2D eigenvalue weighted by Crippen LogP contribution is 2.32. The van der Waals surface area contributed by atoms with Crippen molar-refractivity contribution in [3.05, 3.63) is 59.9 Å². The topological polar surface area (TPSA) is 112 Å². The molecule has 0 unspecified atom stereocenters. The molecule has 34 heavy (non-hydrogen) atoms. The highest BCUT2D eigenvalue weighted by Gasteiger charge is 2.29. The van der Waals surface area contributed by atoms with Gasteiger partial charge in [0.05, 0.1) is 32.2 Å². The molecule has 11 heteroatoms. The second kappa shape index (κ2) is 10.2. The summed E-state index contributed by atoms with van der Waals surface area (Å²) in [5.74, 6) is -2.39. The number of carbonyl (C=O) groups is 1. The number of benzene rings is 2. The van der Waals surface area contributed by atoms with Gasteiger partial charge in [0, 0.05) is 11.8 Å². The number of halogens is 2. The lowest BCUT2D eigenvalue weighted by molar-refractivity contribution is -0.152. The lowest BCUT2D eigenvalue weighted by atomic mass is 10.1. The molecule has 3 rings (SSSR count). The number of hydrogen-bond acceptors (Lipinski definition) is 8. The molecular weight excluding hydrogens is 452 g/mol. The Bertz CT molecular complexity index is 1130. The van der Waals surface area contributed by atoms with Crippen LogP contribution >= 0.6 is 0 Å². The Labute approximate surface area is 194 Å². The number of rotatable bonds is 10. The molecule has 1 aromatic heterocycles. The average molecular weight is 475 g/mol. The van der Waals surface area contributed by atoms with Crippen LogP contribution in [-0.2, 0) is 11.4 Å². The van der Waals surface area contributed by atoms with Crippen molar-refractivity contribution in [2.75, 3.05) is 19.5 Å². The van der Waals surface area contributed by atoms with Crippen molar-refractivity contribution in [1.82, 2.24) is 9.97 Å². The van der Waals surface area contributed by atoms with E-state index in [-0.39, 0.29) is 28.8 Å². The minimum Gasteiger partial charge on any atom is -0.494 e. The lowest BCUT2D eigenvalue weighted by Crippen LogP contribution is -2.37. The van der Waals surface area contributed by atoms with Crippen LogP contribution in [0, 0.1) is 11.6 Å². The van der Waals surface area contributed by atoms with Crippen LogP contribution < -0.4 is 24.3 Å². The molecule has 1 heterocycles. The van der Waals surface area contributed by atoms with Crippen LogP contribution in [-0.4, -0.2) is 40.9 Å². The molecule has 0 saturated carbocycles. The number of anilines is 2. The number of carboxylic acid groups (broad SMARTS) is 1. The first-order valence-corrected chi connectivity index (χ1v) is 9.97. The zero-order valence-corrected chi connectivity index (χ0v) is 18.9.